The molecule has 0 amide bonds. The Balaban J connectivity index is 1.88. The summed E-state index contributed by atoms with van der Waals surface area (Å²) in [4.78, 5) is 2.59. The first kappa shape index (κ1) is 12.6. The number of nitrogens with zero attached hydrogens (tertiary/aromatic N) is 1. The van der Waals surface area contributed by atoms with Crippen molar-refractivity contribution in [3.63, 3.8) is 0 Å². The largest absolute Gasteiger partial charge is 0.330 e. The van der Waals surface area contributed by atoms with Gasteiger partial charge in [0.05, 0.1) is 0 Å². The zero-order valence-corrected chi connectivity index (χ0v) is 10.7. The standard InChI is InChI=1S/C15H24N2/c16-10-9-14-5-7-15(8-6-14)13-17-11-3-1-2-4-12-17/h5-8H,1-4,9-13,16H2. The van der Waals surface area contributed by atoms with Crippen LogP contribution in [0, 0.1) is 0 Å². The Bertz CT molecular complexity index is 310. The molecule has 1 fully saturated rings. The third-order valence-corrected chi connectivity index (χ3v) is 3.56. The summed E-state index contributed by atoms with van der Waals surface area (Å²) in [6, 6.07) is 8.96. The van der Waals surface area contributed by atoms with Gasteiger partial charge in [-0.3, -0.25) is 4.90 Å². The lowest BCUT2D eigenvalue weighted by atomic mass is 10.1. The van der Waals surface area contributed by atoms with E-state index in [1.54, 1.807) is 0 Å². The summed E-state index contributed by atoms with van der Waals surface area (Å²) < 4.78 is 0. The highest BCUT2D eigenvalue weighted by molar-refractivity contribution is 5.22. The number of hydrogen-bond donors (Lipinski definition) is 1. The van der Waals surface area contributed by atoms with E-state index in [9.17, 15) is 0 Å². The molecule has 0 atom stereocenters. The Morgan fingerprint density at radius 1 is 0.882 bits per heavy atom. The number of likely N-dealkylation sites (tertiary alicyclic amines) is 1. The van der Waals surface area contributed by atoms with Crippen molar-refractivity contribution in [3.05, 3.63) is 35.4 Å². The molecule has 2 heteroatoms. The third-order valence-electron chi connectivity index (χ3n) is 3.56. The summed E-state index contributed by atoms with van der Waals surface area (Å²) in [6.07, 6.45) is 6.54. The predicted molar refractivity (Wildman–Crippen MR) is 72.9 cm³/mol. The predicted octanol–water partition coefficient (Wildman–Crippen LogP) is 2.56. The Hall–Kier alpha value is -0.860. The molecular weight excluding hydrogens is 208 g/mol. The first-order chi connectivity index (χ1) is 8.38. The molecule has 1 saturated heterocycles. The second kappa shape index (κ2) is 6.77. The molecule has 1 aliphatic heterocycles. The van der Waals surface area contributed by atoms with Gasteiger partial charge < -0.3 is 5.73 Å². The Morgan fingerprint density at radius 3 is 2.06 bits per heavy atom. The molecule has 1 aromatic carbocycles. The molecule has 0 unspecified atom stereocenters. The van der Waals surface area contributed by atoms with E-state index in [4.69, 9.17) is 5.73 Å². The minimum absolute atomic E-state index is 0.742. The molecule has 0 aliphatic carbocycles. The highest BCUT2D eigenvalue weighted by atomic mass is 15.1. The molecule has 1 aliphatic rings. The average molecular weight is 232 g/mol. The lowest BCUT2D eigenvalue weighted by Crippen LogP contribution is -2.23. The first-order valence-corrected chi connectivity index (χ1v) is 6.89. The molecular formula is C15H24N2. The van der Waals surface area contributed by atoms with Crippen molar-refractivity contribution >= 4 is 0 Å². The van der Waals surface area contributed by atoms with Gasteiger partial charge in [0.2, 0.25) is 0 Å². The van der Waals surface area contributed by atoms with Crippen LogP contribution in [0.3, 0.4) is 0 Å². The fraction of sp³-hybridized carbons (Fsp3) is 0.600. The van der Waals surface area contributed by atoms with Crippen LogP contribution in [0.4, 0.5) is 0 Å². The van der Waals surface area contributed by atoms with Crippen molar-refractivity contribution in [1.29, 1.82) is 0 Å². The molecule has 2 nitrogen and oxygen atoms in total. The number of hydrogen-bond acceptors (Lipinski definition) is 2. The van der Waals surface area contributed by atoms with E-state index in [1.807, 2.05) is 0 Å². The summed E-state index contributed by atoms with van der Waals surface area (Å²) in [6.45, 7) is 4.39. The maximum absolute atomic E-state index is 5.56. The fourth-order valence-electron chi connectivity index (χ4n) is 2.53. The number of benzene rings is 1. The van der Waals surface area contributed by atoms with Gasteiger partial charge in [-0.2, -0.15) is 0 Å². The Kier molecular flexibility index (Phi) is 5.02. The van der Waals surface area contributed by atoms with Crippen LogP contribution in [-0.4, -0.2) is 24.5 Å². The minimum atomic E-state index is 0.742. The molecule has 2 rings (SSSR count). The van der Waals surface area contributed by atoms with Crippen molar-refractivity contribution in [2.24, 2.45) is 5.73 Å². The van der Waals surface area contributed by atoms with E-state index in [1.165, 1.54) is 49.9 Å². The molecule has 1 aromatic rings. The van der Waals surface area contributed by atoms with Gasteiger partial charge >= 0.3 is 0 Å². The maximum Gasteiger partial charge on any atom is 0.0233 e. The lowest BCUT2D eigenvalue weighted by Gasteiger charge is -2.19. The second-order valence-electron chi connectivity index (χ2n) is 5.05. The Labute approximate surface area is 105 Å². The molecule has 17 heavy (non-hydrogen) atoms. The molecule has 2 N–H and O–H groups in total. The summed E-state index contributed by atoms with van der Waals surface area (Å²) in [5.41, 5.74) is 8.35. The van der Waals surface area contributed by atoms with Gasteiger partial charge in [-0.15, -0.1) is 0 Å². The summed E-state index contributed by atoms with van der Waals surface area (Å²) in [5, 5.41) is 0. The molecule has 94 valence electrons. The second-order valence-corrected chi connectivity index (χ2v) is 5.05. The molecule has 1 heterocycles. The van der Waals surface area contributed by atoms with E-state index >= 15 is 0 Å². The quantitative estimate of drug-likeness (QED) is 0.864. The van der Waals surface area contributed by atoms with Gasteiger partial charge in [-0.05, 0) is 50.0 Å². The molecule has 0 radical (unpaired) electrons. The van der Waals surface area contributed by atoms with Gasteiger partial charge in [-0.1, -0.05) is 37.1 Å². The monoisotopic (exact) mass is 232 g/mol. The zero-order valence-electron chi connectivity index (χ0n) is 10.7. The lowest BCUT2D eigenvalue weighted by molar-refractivity contribution is 0.277. The van der Waals surface area contributed by atoms with E-state index in [-0.39, 0.29) is 0 Å². The van der Waals surface area contributed by atoms with Crippen LogP contribution in [0.5, 0.6) is 0 Å². The minimum Gasteiger partial charge on any atom is -0.330 e. The van der Waals surface area contributed by atoms with E-state index < -0.39 is 0 Å². The number of rotatable bonds is 4. The molecule has 0 bridgehead atoms. The van der Waals surface area contributed by atoms with Gasteiger partial charge in [-0.25, -0.2) is 0 Å². The van der Waals surface area contributed by atoms with Crippen molar-refractivity contribution < 1.29 is 0 Å². The van der Waals surface area contributed by atoms with Crippen molar-refractivity contribution in [2.45, 2.75) is 38.6 Å². The van der Waals surface area contributed by atoms with Crippen LogP contribution in [0.15, 0.2) is 24.3 Å². The van der Waals surface area contributed by atoms with Crippen molar-refractivity contribution in [1.82, 2.24) is 4.90 Å². The van der Waals surface area contributed by atoms with Crippen LogP contribution in [0.1, 0.15) is 36.8 Å². The van der Waals surface area contributed by atoms with Gasteiger partial charge in [0, 0.05) is 6.54 Å². The van der Waals surface area contributed by atoms with E-state index in [0.29, 0.717) is 0 Å². The topological polar surface area (TPSA) is 29.3 Å². The van der Waals surface area contributed by atoms with Gasteiger partial charge in [0.25, 0.3) is 0 Å². The normalized spacial score (nSPS) is 17.9. The molecule has 0 spiro atoms. The van der Waals surface area contributed by atoms with Gasteiger partial charge in [0.1, 0.15) is 0 Å². The van der Waals surface area contributed by atoms with Crippen molar-refractivity contribution in [3.8, 4) is 0 Å². The van der Waals surface area contributed by atoms with Gasteiger partial charge in [0.15, 0.2) is 0 Å². The first-order valence-electron chi connectivity index (χ1n) is 6.89. The summed E-state index contributed by atoms with van der Waals surface area (Å²) in [5.74, 6) is 0. The van der Waals surface area contributed by atoms with E-state index in [2.05, 4.69) is 29.2 Å². The fourth-order valence-corrected chi connectivity index (χ4v) is 2.53. The average Bonchev–Trinajstić information content (AvgIpc) is 2.61. The van der Waals surface area contributed by atoms with Crippen LogP contribution in [0.25, 0.3) is 0 Å². The number of nitrogens with two attached hydrogens (primary N) is 1. The van der Waals surface area contributed by atoms with Crippen LogP contribution < -0.4 is 5.73 Å². The summed E-state index contributed by atoms with van der Waals surface area (Å²) >= 11 is 0. The summed E-state index contributed by atoms with van der Waals surface area (Å²) in [7, 11) is 0. The Morgan fingerprint density at radius 2 is 1.47 bits per heavy atom. The third kappa shape index (κ3) is 4.14. The van der Waals surface area contributed by atoms with E-state index in [0.717, 1.165) is 19.5 Å². The molecule has 0 aromatic heterocycles. The maximum atomic E-state index is 5.56. The smallest absolute Gasteiger partial charge is 0.0233 e. The van der Waals surface area contributed by atoms with Crippen LogP contribution >= 0.6 is 0 Å². The molecule has 0 saturated carbocycles. The van der Waals surface area contributed by atoms with Crippen LogP contribution in [-0.2, 0) is 13.0 Å². The highest BCUT2D eigenvalue weighted by Gasteiger charge is 2.09. The highest BCUT2D eigenvalue weighted by Crippen LogP contribution is 2.13. The van der Waals surface area contributed by atoms with Crippen molar-refractivity contribution in [2.75, 3.05) is 19.6 Å². The SMILES string of the molecule is NCCc1ccc(CN2CCCCCC2)cc1. The van der Waals surface area contributed by atoms with Crippen LogP contribution in [0.2, 0.25) is 0 Å². The zero-order chi connectivity index (χ0) is 11.9.